The summed E-state index contributed by atoms with van der Waals surface area (Å²) in [5, 5.41) is 6.84. The quantitative estimate of drug-likeness (QED) is 0.943. The maximum absolute atomic E-state index is 13.1. The molecule has 3 rings (SSSR count). The lowest BCUT2D eigenvalue weighted by atomic mass is 10.0. The Hall–Kier alpha value is -2.21. The van der Waals surface area contributed by atoms with E-state index in [2.05, 4.69) is 10.2 Å². The molecule has 0 atom stereocenters. The molecule has 1 aliphatic heterocycles. The van der Waals surface area contributed by atoms with Gasteiger partial charge in [-0.3, -0.25) is 9.89 Å². The Labute approximate surface area is 134 Å². The van der Waals surface area contributed by atoms with E-state index in [-0.39, 0.29) is 17.8 Å². The summed E-state index contributed by atoms with van der Waals surface area (Å²) in [6, 6.07) is 6.03. The minimum Gasteiger partial charge on any atom is -0.378 e. The zero-order chi connectivity index (χ0) is 16.2. The summed E-state index contributed by atoms with van der Waals surface area (Å²) in [4.78, 5) is 14.6. The van der Waals surface area contributed by atoms with Crippen LogP contribution in [-0.2, 0) is 4.74 Å². The van der Waals surface area contributed by atoms with Crippen LogP contribution in [0.4, 0.5) is 4.39 Å². The van der Waals surface area contributed by atoms with E-state index in [4.69, 9.17) is 4.74 Å². The van der Waals surface area contributed by atoms with E-state index in [0.717, 1.165) is 18.4 Å². The number of likely N-dealkylation sites (tertiary alicyclic amines) is 1. The van der Waals surface area contributed by atoms with Crippen LogP contribution in [-0.4, -0.2) is 46.8 Å². The van der Waals surface area contributed by atoms with Crippen LogP contribution >= 0.6 is 0 Å². The van der Waals surface area contributed by atoms with Gasteiger partial charge in [0.25, 0.3) is 5.91 Å². The van der Waals surface area contributed by atoms with Crippen molar-refractivity contribution in [2.24, 2.45) is 0 Å². The van der Waals surface area contributed by atoms with Crippen LogP contribution < -0.4 is 0 Å². The summed E-state index contributed by atoms with van der Waals surface area (Å²) in [6.45, 7) is 4.04. The van der Waals surface area contributed by atoms with Crippen LogP contribution in [0.3, 0.4) is 0 Å². The molecule has 0 saturated carbocycles. The van der Waals surface area contributed by atoms with Gasteiger partial charge in [0.15, 0.2) is 0 Å². The van der Waals surface area contributed by atoms with Crippen molar-refractivity contribution in [1.29, 1.82) is 0 Å². The first-order valence-corrected chi connectivity index (χ1v) is 7.89. The molecular formula is C17H20FN3O2. The van der Waals surface area contributed by atoms with Gasteiger partial charge in [0.05, 0.1) is 23.6 Å². The number of ether oxygens (including phenoxy) is 1. The second-order valence-electron chi connectivity index (χ2n) is 5.61. The number of benzene rings is 1. The number of amides is 1. The van der Waals surface area contributed by atoms with Crippen LogP contribution in [0.1, 0.15) is 30.1 Å². The van der Waals surface area contributed by atoms with Crippen molar-refractivity contribution in [2.75, 3.05) is 19.7 Å². The number of piperidine rings is 1. The second kappa shape index (κ2) is 6.91. The highest BCUT2D eigenvalue weighted by Gasteiger charge is 2.26. The average molecular weight is 317 g/mol. The van der Waals surface area contributed by atoms with E-state index in [1.54, 1.807) is 12.1 Å². The fourth-order valence-corrected chi connectivity index (χ4v) is 2.92. The van der Waals surface area contributed by atoms with Crippen molar-refractivity contribution in [3.05, 3.63) is 41.8 Å². The van der Waals surface area contributed by atoms with Gasteiger partial charge in [-0.05, 0) is 44.0 Å². The summed E-state index contributed by atoms with van der Waals surface area (Å²) in [7, 11) is 0. The highest BCUT2D eigenvalue weighted by atomic mass is 19.1. The van der Waals surface area contributed by atoms with E-state index < -0.39 is 0 Å². The first kappa shape index (κ1) is 15.7. The maximum atomic E-state index is 13.1. The maximum Gasteiger partial charge on any atom is 0.257 e. The van der Waals surface area contributed by atoms with Gasteiger partial charge in [-0.25, -0.2) is 4.39 Å². The molecule has 1 aliphatic rings. The fourth-order valence-electron chi connectivity index (χ4n) is 2.92. The molecule has 1 amide bonds. The van der Waals surface area contributed by atoms with Crippen LogP contribution in [0.2, 0.25) is 0 Å². The Balaban J connectivity index is 1.74. The number of nitrogens with one attached hydrogen (secondary N) is 1. The van der Waals surface area contributed by atoms with Crippen molar-refractivity contribution < 1.29 is 13.9 Å². The van der Waals surface area contributed by atoms with Gasteiger partial charge in [0.2, 0.25) is 0 Å². The van der Waals surface area contributed by atoms with Crippen molar-refractivity contribution in [2.45, 2.75) is 25.9 Å². The molecule has 0 bridgehead atoms. The molecule has 0 unspecified atom stereocenters. The normalized spacial score (nSPS) is 15.8. The standard InChI is InChI=1S/C17H20FN3O2/c1-2-23-14-7-9-21(10-8-14)17(22)15-11-19-20-16(15)12-3-5-13(18)6-4-12/h3-6,11,14H,2,7-10H2,1H3,(H,19,20). The summed E-state index contributed by atoms with van der Waals surface area (Å²) in [5.74, 6) is -0.354. The molecule has 0 spiro atoms. The first-order valence-electron chi connectivity index (χ1n) is 7.89. The zero-order valence-corrected chi connectivity index (χ0v) is 13.1. The minimum absolute atomic E-state index is 0.0481. The van der Waals surface area contributed by atoms with Gasteiger partial charge in [-0.2, -0.15) is 5.10 Å². The molecule has 2 heterocycles. The monoisotopic (exact) mass is 317 g/mol. The third kappa shape index (κ3) is 3.42. The number of carbonyl (C=O) groups excluding carboxylic acids is 1. The first-order chi connectivity index (χ1) is 11.2. The molecule has 0 radical (unpaired) electrons. The molecule has 1 N–H and O–H groups in total. The average Bonchev–Trinajstić information content (AvgIpc) is 3.05. The molecule has 6 heteroatoms. The number of aromatic nitrogens is 2. The van der Waals surface area contributed by atoms with Crippen LogP contribution in [0.25, 0.3) is 11.3 Å². The molecule has 1 fully saturated rings. The van der Waals surface area contributed by atoms with E-state index in [1.807, 2.05) is 11.8 Å². The largest absolute Gasteiger partial charge is 0.378 e. The van der Waals surface area contributed by atoms with Gasteiger partial charge < -0.3 is 9.64 Å². The van der Waals surface area contributed by atoms with E-state index in [0.29, 0.717) is 31.0 Å². The Bertz CT molecular complexity index is 661. The smallest absolute Gasteiger partial charge is 0.257 e. The van der Waals surface area contributed by atoms with Gasteiger partial charge in [0.1, 0.15) is 5.82 Å². The lowest BCUT2D eigenvalue weighted by Gasteiger charge is -2.31. The molecule has 122 valence electrons. The lowest BCUT2D eigenvalue weighted by Crippen LogP contribution is -2.41. The van der Waals surface area contributed by atoms with E-state index >= 15 is 0 Å². The molecule has 2 aromatic rings. The third-order valence-electron chi connectivity index (χ3n) is 4.13. The molecule has 5 nitrogen and oxygen atoms in total. The van der Waals surface area contributed by atoms with E-state index in [1.165, 1.54) is 18.3 Å². The van der Waals surface area contributed by atoms with Crippen LogP contribution in [0.5, 0.6) is 0 Å². The Morgan fingerprint density at radius 3 is 2.70 bits per heavy atom. The van der Waals surface area contributed by atoms with Gasteiger partial charge in [0, 0.05) is 25.3 Å². The topological polar surface area (TPSA) is 58.2 Å². The molecule has 0 aliphatic carbocycles. The number of aromatic amines is 1. The van der Waals surface area contributed by atoms with Crippen molar-refractivity contribution in [3.63, 3.8) is 0 Å². The number of hydrogen-bond acceptors (Lipinski definition) is 3. The highest BCUT2D eigenvalue weighted by molar-refractivity contribution is 5.99. The van der Waals surface area contributed by atoms with Crippen molar-refractivity contribution in [1.82, 2.24) is 15.1 Å². The number of halogens is 1. The number of carbonyl (C=O) groups is 1. The molecule has 23 heavy (non-hydrogen) atoms. The molecule has 1 aromatic heterocycles. The zero-order valence-electron chi connectivity index (χ0n) is 13.1. The predicted molar refractivity (Wildman–Crippen MR) is 84.5 cm³/mol. The van der Waals surface area contributed by atoms with Crippen LogP contribution in [0, 0.1) is 5.82 Å². The Morgan fingerprint density at radius 1 is 1.35 bits per heavy atom. The second-order valence-corrected chi connectivity index (χ2v) is 5.61. The van der Waals surface area contributed by atoms with Gasteiger partial charge in [-0.15, -0.1) is 0 Å². The number of nitrogens with zero attached hydrogens (tertiary/aromatic N) is 2. The SMILES string of the molecule is CCOC1CCN(C(=O)c2cn[nH]c2-c2ccc(F)cc2)CC1. The number of H-pyrrole nitrogens is 1. The molecular weight excluding hydrogens is 297 g/mol. The highest BCUT2D eigenvalue weighted by Crippen LogP contribution is 2.24. The van der Waals surface area contributed by atoms with Crippen LogP contribution in [0.15, 0.2) is 30.5 Å². The summed E-state index contributed by atoms with van der Waals surface area (Å²) in [6.07, 6.45) is 3.48. The van der Waals surface area contributed by atoms with Gasteiger partial charge >= 0.3 is 0 Å². The Kier molecular flexibility index (Phi) is 4.71. The van der Waals surface area contributed by atoms with Crippen molar-refractivity contribution in [3.8, 4) is 11.3 Å². The van der Waals surface area contributed by atoms with E-state index in [9.17, 15) is 9.18 Å². The van der Waals surface area contributed by atoms with Gasteiger partial charge in [-0.1, -0.05) is 0 Å². The fraction of sp³-hybridized carbons (Fsp3) is 0.412. The van der Waals surface area contributed by atoms with Crippen molar-refractivity contribution >= 4 is 5.91 Å². The summed E-state index contributed by atoms with van der Waals surface area (Å²) < 4.78 is 18.7. The summed E-state index contributed by atoms with van der Waals surface area (Å²) in [5.41, 5.74) is 1.89. The summed E-state index contributed by atoms with van der Waals surface area (Å²) >= 11 is 0. The lowest BCUT2D eigenvalue weighted by molar-refractivity contribution is 0.0146. The molecule has 1 aromatic carbocycles. The predicted octanol–water partition coefficient (Wildman–Crippen LogP) is 2.86. The number of rotatable bonds is 4. The number of hydrogen-bond donors (Lipinski definition) is 1. The molecule has 1 saturated heterocycles. The minimum atomic E-state index is -0.306. The Morgan fingerprint density at radius 2 is 2.04 bits per heavy atom. The third-order valence-corrected chi connectivity index (χ3v) is 4.13.